The summed E-state index contributed by atoms with van der Waals surface area (Å²) in [5, 5.41) is 2.88. The van der Waals surface area contributed by atoms with Gasteiger partial charge in [-0.15, -0.1) is 0 Å². The van der Waals surface area contributed by atoms with Crippen molar-refractivity contribution in [3.8, 4) is 0 Å². The highest BCUT2D eigenvalue weighted by Gasteiger charge is 2.18. The molecule has 2 aromatic rings. The Balaban J connectivity index is 2.29. The van der Waals surface area contributed by atoms with Gasteiger partial charge in [0.15, 0.2) is 0 Å². The fourth-order valence-electron chi connectivity index (χ4n) is 2.17. The second kappa shape index (κ2) is 6.52. The van der Waals surface area contributed by atoms with Crippen molar-refractivity contribution in [2.75, 3.05) is 18.5 Å². The maximum atomic E-state index is 14.2. The lowest BCUT2D eigenvalue weighted by molar-refractivity contribution is 0.496. The van der Waals surface area contributed by atoms with E-state index in [-0.39, 0.29) is 5.69 Å². The standard InChI is InChI=1S/C15H18F2N2O/c1-3-19(10-12-5-4-6-20-12)15-13(16)7-11(9-18-2)8-14(15)17/h4-8,18H,3,9-10H2,1-2H3. The molecule has 0 saturated heterocycles. The highest BCUT2D eigenvalue weighted by atomic mass is 19.1. The number of anilines is 1. The van der Waals surface area contributed by atoms with E-state index in [1.807, 2.05) is 6.92 Å². The minimum Gasteiger partial charge on any atom is -0.467 e. The molecular weight excluding hydrogens is 262 g/mol. The van der Waals surface area contributed by atoms with Crippen LogP contribution in [0.25, 0.3) is 0 Å². The Bertz CT molecular complexity index is 532. The normalized spacial score (nSPS) is 10.8. The summed E-state index contributed by atoms with van der Waals surface area (Å²) in [4.78, 5) is 1.62. The third-order valence-corrected chi connectivity index (χ3v) is 3.08. The fourth-order valence-corrected chi connectivity index (χ4v) is 2.17. The van der Waals surface area contributed by atoms with Gasteiger partial charge in [0, 0.05) is 13.1 Å². The molecule has 1 N–H and O–H groups in total. The van der Waals surface area contributed by atoms with E-state index in [9.17, 15) is 8.78 Å². The van der Waals surface area contributed by atoms with Crippen molar-refractivity contribution >= 4 is 5.69 Å². The van der Waals surface area contributed by atoms with Crippen LogP contribution in [0.5, 0.6) is 0 Å². The molecule has 1 heterocycles. The van der Waals surface area contributed by atoms with Gasteiger partial charge < -0.3 is 14.6 Å². The Morgan fingerprint density at radius 3 is 2.45 bits per heavy atom. The van der Waals surface area contributed by atoms with Gasteiger partial charge in [-0.1, -0.05) is 0 Å². The Kier molecular flexibility index (Phi) is 4.74. The first-order chi connectivity index (χ1) is 9.65. The number of nitrogens with zero attached hydrogens (tertiary/aromatic N) is 1. The molecule has 0 atom stereocenters. The van der Waals surface area contributed by atoms with Gasteiger partial charge in [-0.2, -0.15) is 0 Å². The Labute approximate surface area is 117 Å². The van der Waals surface area contributed by atoms with Gasteiger partial charge in [0.25, 0.3) is 0 Å². The Morgan fingerprint density at radius 2 is 1.95 bits per heavy atom. The minimum absolute atomic E-state index is 0.0104. The number of hydrogen-bond acceptors (Lipinski definition) is 3. The Morgan fingerprint density at radius 1 is 1.25 bits per heavy atom. The molecule has 108 valence electrons. The van der Waals surface area contributed by atoms with Gasteiger partial charge in [-0.3, -0.25) is 0 Å². The van der Waals surface area contributed by atoms with Crippen LogP contribution in [-0.4, -0.2) is 13.6 Å². The van der Waals surface area contributed by atoms with E-state index in [0.717, 1.165) is 0 Å². The topological polar surface area (TPSA) is 28.4 Å². The summed E-state index contributed by atoms with van der Waals surface area (Å²) < 4.78 is 33.6. The minimum atomic E-state index is -0.552. The van der Waals surface area contributed by atoms with E-state index >= 15 is 0 Å². The molecule has 0 aliphatic carbocycles. The molecule has 0 amide bonds. The van der Waals surface area contributed by atoms with Crippen molar-refractivity contribution in [2.24, 2.45) is 0 Å². The van der Waals surface area contributed by atoms with Crippen molar-refractivity contribution < 1.29 is 13.2 Å². The third-order valence-electron chi connectivity index (χ3n) is 3.08. The van der Waals surface area contributed by atoms with Crippen LogP contribution in [-0.2, 0) is 13.1 Å². The second-order valence-corrected chi connectivity index (χ2v) is 4.53. The van der Waals surface area contributed by atoms with Crippen LogP contribution in [0.4, 0.5) is 14.5 Å². The molecule has 0 fully saturated rings. The molecule has 0 bridgehead atoms. The molecule has 1 aromatic heterocycles. The quantitative estimate of drug-likeness (QED) is 0.880. The SMILES string of the molecule is CCN(Cc1ccco1)c1c(F)cc(CNC)cc1F. The van der Waals surface area contributed by atoms with Gasteiger partial charge in [-0.05, 0) is 43.8 Å². The molecule has 0 aliphatic heterocycles. The summed E-state index contributed by atoms with van der Waals surface area (Å²) in [5.41, 5.74) is 0.573. The molecule has 0 unspecified atom stereocenters. The van der Waals surface area contributed by atoms with Crippen LogP contribution in [0.1, 0.15) is 18.2 Å². The maximum Gasteiger partial charge on any atom is 0.149 e. The number of benzene rings is 1. The highest BCUT2D eigenvalue weighted by molar-refractivity contribution is 5.50. The van der Waals surface area contributed by atoms with Gasteiger partial charge in [0.05, 0.1) is 12.8 Å². The molecule has 20 heavy (non-hydrogen) atoms. The first kappa shape index (κ1) is 14.5. The molecule has 0 saturated carbocycles. The molecule has 0 spiro atoms. The van der Waals surface area contributed by atoms with Crippen LogP contribution in [0.2, 0.25) is 0 Å². The lowest BCUT2D eigenvalue weighted by Gasteiger charge is -2.23. The molecule has 1 aromatic carbocycles. The average molecular weight is 280 g/mol. The van der Waals surface area contributed by atoms with Crippen molar-refractivity contribution in [3.63, 3.8) is 0 Å². The molecule has 5 heteroatoms. The second-order valence-electron chi connectivity index (χ2n) is 4.53. The largest absolute Gasteiger partial charge is 0.467 e. The van der Waals surface area contributed by atoms with Crippen molar-refractivity contribution in [3.05, 3.63) is 53.5 Å². The zero-order valence-electron chi connectivity index (χ0n) is 11.6. The van der Waals surface area contributed by atoms with E-state index in [1.165, 1.54) is 12.1 Å². The van der Waals surface area contributed by atoms with Crippen molar-refractivity contribution in [1.29, 1.82) is 0 Å². The van der Waals surface area contributed by atoms with Gasteiger partial charge >= 0.3 is 0 Å². The summed E-state index contributed by atoms with van der Waals surface area (Å²) in [7, 11) is 1.74. The summed E-state index contributed by atoms with van der Waals surface area (Å²) in [6.07, 6.45) is 1.55. The highest BCUT2D eigenvalue weighted by Crippen LogP contribution is 2.26. The summed E-state index contributed by atoms with van der Waals surface area (Å²) >= 11 is 0. The van der Waals surface area contributed by atoms with E-state index in [0.29, 0.717) is 31.0 Å². The number of furan rings is 1. The lowest BCUT2D eigenvalue weighted by Crippen LogP contribution is -2.24. The number of nitrogens with one attached hydrogen (secondary N) is 1. The van der Waals surface area contributed by atoms with Crippen molar-refractivity contribution in [1.82, 2.24) is 5.32 Å². The number of hydrogen-bond donors (Lipinski definition) is 1. The summed E-state index contributed by atoms with van der Waals surface area (Å²) in [6, 6.07) is 6.26. The van der Waals surface area contributed by atoms with E-state index < -0.39 is 11.6 Å². The predicted molar refractivity (Wildman–Crippen MR) is 74.6 cm³/mol. The zero-order valence-corrected chi connectivity index (χ0v) is 11.6. The van der Waals surface area contributed by atoms with Crippen molar-refractivity contribution in [2.45, 2.75) is 20.0 Å². The van der Waals surface area contributed by atoms with E-state index in [1.54, 1.807) is 30.3 Å². The Hall–Kier alpha value is -1.88. The summed E-state index contributed by atoms with van der Waals surface area (Å²) in [6.45, 7) is 3.10. The van der Waals surface area contributed by atoms with Crippen LogP contribution >= 0.6 is 0 Å². The number of halogens is 2. The average Bonchev–Trinajstić information content (AvgIpc) is 2.90. The molecule has 0 aliphatic rings. The molecule has 2 rings (SSSR count). The van der Waals surface area contributed by atoms with Gasteiger partial charge in [-0.25, -0.2) is 8.78 Å². The van der Waals surface area contributed by atoms with E-state index in [4.69, 9.17) is 4.42 Å². The lowest BCUT2D eigenvalue weighted by atomic mass is 10.1. The maximum absolute atomic E-state index is 14.2. The van der Waals surface area contributed by atoms with E-state index in [2.05, 4.69) is 5.32 Å². The third kappa shape index (κ3) is 3.17. The first-order valence-electron chi connectivity index (χ1n) is 6.55. The molecular formula is C15H18F2N2O. The molecule has 3 nitrogen and oxygen atoms in total. The zero-order chi connectivity index (χ0) is 14.5. The fraction of sp³-hybridized carbons (Fsp3) is 0.333. The smallest absolute Gasteiger partial charge is 0.149 e. The van der Waals surface area contributed by atoms with Crippen LogP contribution < -0.4 is 10.2 Å². The predicted octanol–water partition coefficient (Wildman–Crippen LogP) is 3.30. The summed E-state index contributed by atoms with van der Waals surface area (Å²) in [5.74, 6) is -0.433. The van der Waals surface area contributed by atoms with Crippen LogP contribution in [0.3, 0.4) is 0 Å². The number of rotatable bonds is 6. The van der Waals surface area contributed by atoms with Gasteiger partial charge in [0.1, 0.15) is 23.1 Å². The molecule has 0 radical (unpaired) electrons. The van der Waals surface area contributed by atoms with Crippen LogP contribution in [0, 0.1) is 11.6 Å². The first-order valence-corrected chi connectivity index (χ1v) is 6.55. The van der Waals surface area contributed by atoms with Crippen LogP contribution in [0.15, 0.2) is 34.9 Å². The van der Waals surface area contributed by atoms with Gasteiger partial charge in [0.2, 0.25) is 0 Å². The monoisotopic (exact) mass is 280 g/mol.